The van der Waals surface area contributed by atoms with E-state index >= 15 is 0 Å². The Morgan fingerprint density at radius 1 is 0.394 bits per heavy atom. The maximum absolute atomic E-state index is 5.97. The van der Waals surface area contributed by atoms with Gasteiger partial charge in [-0.2, -0.15) is 0 Å². The molecule has 0 aromatic carbocycles. The maximum atomic E-state index is 5.97. The van der Waals surface area contributed by atoms with Crippen molar-refractivity contribution in [3.05, 3.63) is 94.6 Å². The van der Waals surface area contributed by atoms with Gasteiger partial charge in [0.2, 0.25) is 31.5 Å². The van der Waals surface area contributed by atoms with Crippen LogP contribution in [0.3, 0.4) is 0 Å². The first-order chi connectivity index (χ1) is 33.8. The van der Waals surface area contributed by atoms with E-state index in [4.69, 9.17) is 74.5 Å². The topological polar surface area (TPSA) is 163 Å². The molecular weight excluding hydrogens is 997 g/mol. The highest BCUT2D eigenvalue weighted by Gasteiger charge is 2.38. The molecule has 0 bridgehead atoms. The minimum Gasteiger partial charge on any atom is -0.462 e. The lowest BCUT2D eigenvalue weighted by Crippen LogP contribution is -2.38. The SMILES string of the molecule is C.CC1(C)COC(c2ccc(C3COC(C)(C)OC3)o2)OC1.CC1OC(c2ccc(C3OC(C)C(C)O3)o2)OC1C.c1cc(C2OCCO2)oc1C1OCCO1.c1cc(C2SCCS2)oc1C1SCCS1. The molecule has 0 radical (unpaired) electrons. The predicted octanol–water partition coefficient (Wildman–Crippen LogP) is 12.4. The Hall–Kier alpha value is -1.96. The highest BCUT2D eigenvalue weighted by atomic mass is 32.2. The van der Waals surface area contributed by atoms with E-state index in [1.807, 2.05) is 125 Å². The molecule has 4 unspecified atom stereocenters. The molecule has 8 saturated heterocycles. The van der Waals surface area contributed by atoms with Gasteiger partial charge < -0.3 is 74.5 Å². The second-order valence-corrected chi connectivity index (χ2v) is 24.6. The molecule has 16 nitrogen and oxygen atoms in total. The zero-order valence-corrected chi connectivity index (χ0v) is 44.5. The van der Waals surface area contributed by atoms with Crippen LogP contribution in [0.5, 0.6) is 0 Å². The number of rotatable bonds is 8. The van der Waals surface area contributed by atoms with Crippen molar-refractivity contribution in [1.29, 1.82) is 0 Å². The van der Waals surface area contributed by atoms with Crippen LogP contribution in [0.4, 0.5) is 0 Å². The van der Waals surface area contributed by atoms with Crippen molar-refractivity contribution in [3.63, 3.8) is 0 Å². The molecule has 0 N–H and O–H groups in total. The van der Waals surface area contributed by atoms with Crippen molar-refractivity contribution in [2.45, 2.75) is 140 Å². The van der Waals surface area contributed by atoms with Crippen molar-refractivity contribution in [2.24, 2.45) is 5.41 Å². The van der Waals surface area contributed by atoms with E-state index in [2.05, 4.69) is 26.0 Å². The van der Waals surface area contributed by atoms with E-state index < -0.39 is 24.7 Å². The van der Waals surface area contributed by atoms with Crippen LogP contribution in [-0.4, -0.2) is 106 Å². The molecule has 396 valence electrons. The van der Waals surface area contributed by atoms with E-state index in [-0.39, 0.29) is 55.8 Å². The largest absolute Gasteiger partial charge is 0.462 e. The van der Waals surface area contributed by atoms with Gasteiger partial charge in [0, 0.05) is 28.4 Å². The van der Waals surface area contributed by atoms with Crippen molar-refractivity contribution < 1.29 is 74.5 Å². The van der Waals surface area contributed by atoms with Crippen LogP contribution in [0.1, 0.15) is 155 Å². The first kappa shape index (κ1) is 55.3. The van der Waals surface area contributed by atoms with E-state index in [1.165, 1.54) is 34.5 Å². The van der Waals surface area contributed by atoms with Gasteiger partial charge in [0.25, 0.3) is 0 Å². The van der Waals surface area contributed by atoms with Crippen LogP contribution in [0.15, 0.2) is 66.2 Å². The highest BCUT2D eigenvalue weighted by molar-refractivity contribution is 8.19. The van der Waals surface area contributed by atoms with Gasteiger partial charge >= 0.3 is 0 Å². The van der Waals surface area contributed by atoms with Gasteiger partial charge in [0.1, 0.15) is 26.4 Å². The number of thioether (sulfide) groups is 4. The molecule has 0 aliphatic carbocycles. The fourth-order valence-corrected chi connectivity index (χ4v) is 13.4. The molecule has 8 aliphatic heterocycles. The van der Waals surface area contributed by atoms with Gasteiger partial charge in [-0.15, -0.1) is 47.0 Å². The predicted molar refractivity (Wildman–Crippen MR) is 271 cm³/mol. The number of furan rings is 4. The van der Waals surface area contributed by atoms with Crippen LogP contribution in [0.2, 0.25) is 0 Å². The summed E-state index contributed by atoms with van der Waals surface area (Å²) >= 11 is 8.03. The quantitative estimate of drug-likeness (QED) is 0.163. The summed E-state index contributed by atoms with van der Waals surface area (Å²) in [6.07, 6.45) is -1.76. The molecule has 12 heterocycles. The standard InChI is InChI=1S/C16H24O5.C14H20O5.C10H12O5.C10H12OS4.CH4/c1-15(2)9-17-14(18-10-15)13-6-5-12(21-13)11-7-19-16(3,4)20-8-11;1-7-8(2)16-13(15-7)11-5-6-12(19-11)14-17-9(3)10(4)18-14;1-2-8(10-13-5-6-14-10)15-7(1)9-11-3-4-12-9;1-2-8(10-14-5-6-15-10)11-7(1)9-12-3-4-13-9;/h5-6,11,14H,7-10H2,1-4H3;5-10,13-14H,1-4H3;2*1-2,9-10H,3-6H2;1H4. The Balaban J connectivity index is 0.000000127. The second-order valence-electron chi connectivity index (χ2n) is 19.1. The average Bonchev–Trinajstić information content (AvgIpc) is 4.19. The third kappa shape index (κ3) is 14.7. The number of hydrogen-bond acceptors (Lipinski definition) is 20. The van der Waals surface area contributed by atoms with Gasteiger partial charge in [-0.25, -0.2) is 0 Å². The normalized spacial score (nSPS) is 29.6. The third-order valence-corrected chi connectivity index (χ3v) is 18.3. The molecule has 0 saturated carbocycles. The molecule has 4 aromatic rings. The van der Waals surface area contributed by atoms with Crippen LogP contribution >= 0.6 is 47.0 Å². The van der Waals surface area contributed by atoms with Crippen LogP contribution in [0.25, 0.3) is 0 Å². The van der Waals surface area contributed by atoms with Crippen molar-refractivity contribution in [2.75, 3.05) is 75.9 Å². The zero-order valence-electron chi connectivity index (χ0n) is 41.2. The molecule has 4 aromatic heterocycles. The smallest absolute Gasteiger partial charge is 0.217 e. The summed E-state index contributed by atoms with van der Waals surface area (Å²) in [7, 11) is 0. The third-order valence-electron chi connectivity index (χ3n) is 12.3. The number of hydrogen-bond donors (Lipinski definition) is 0. The van der Waals surface area contributed by atoms with Gasteiger partial charge in [0.05, 0.1) is 83.2 Å². The maximum Gasteiger partial charge on any atom is 0.217 e. The second kappa shape index (κ2) is 25.3. The lowest BCUT2D eigenvalue weighted by molar-refractivity contribution is -0.253. The lowest BCUT2D eigenvalue weighted by Gasteiger charge is -2.34. The van der Waals surface area contributed by atoms with E-state index in [9.17, 15) is 0 Å². The van der Waals surface area contributed by atoms with Gasteiger partial charge in [0.15, 0.2) is 34.6 Å². The van der Waals surface area contributed by atoms with Crippen molar-refractivity contribution in [3.8, 4) is 0 Å². The average molecular weight is 1070 g/mol. The minimum absolute atomic E-state index is 0. The fraction of sp³-hybridized carbons (Fsp3) is 0.686. The molecular formula is C51H72O16S4. The van der Waals surface area contributed by atoms with E-state index in [0.717, 1.165) is 5.76 Å². The Morgan fingerprint density at radius 2 is 0.690 bits per heavy atom. The molecule has 8 aliphatic rings. The van der Waals surface area contributed by atoms with Gasteiger partial charge in [-0.1, -0.05) is 21.3 Å². The fourth-order valence-electron chi connectivity index (χ4n) is 7.94. The minimum atomic E-state index is -0.507. The Kier molecular flexibility index (Phi) is 19.7. The molecule has 20 heteroatoms. The van der Waals surface area contributed by atoms with Gasteiger partial charge in [-0.3, -0.25) is 0 Å². The Labute approximate surface area is 434 Å². The molecule has 71 heavy (non-hydrogen) atoms. The Morgan fingerprint density at radius 3 is 1.07 bits per heavy atom. The molecule has 12 rings (SSSR count). The van der Waals surface area contributed by atoms with E-state index in [1.54, 1.807) is 0 Å². The molecule has 0 amide bonds. The van der Waals surface area contributed by atoms with Crippen LogP contribution in [-0.2, 0) is 56.8 Å². The van der Waals surface area contributed by atoms with Crippen LogP contribution < -0.4 is 0 Å². The summed E-state index contributed by atoms with van der Waals surface area (Å²) in [5, 5.41) is 0. The Bertz CT molecular complexity index is 1950. The van der Waals surface area contributed by atoms with Crippen molar-refractivity contribution in [1.82, 2.24) is 0 Å². The molecule has 8 fully saturated rings. The van der Waals surface area contributed by atoms with Crippen molar-refractivity contribution >= 4 is 47.0 Å². The number of ether oxygens (including phenoxy) is 12. The summed E-state index contributed by atoms with van der Waals surface area (Å²) in [4.78, 5) is 0. The summed E-state index contributed by atoms with van der Waals surface area (Å²) in [6.45, 7) is 21.0. The van der Waals surface area contributed by atoms with E-state index in [0.29, 0.717) is 90.8 Å². The summed E-state index contributed by atoms with van der Waals surface area (Å²) in [5.74, 6) is 11.2. The highest BCUT2D eigenvalue weighted by Crippen LogP contribution is 2.50. The summed E-state index contributed by atoms with van der Waals surface area (Å²) < 4.78 is 91.1. The summed E-state index contributed by atoms with van der Waals surface area (Å²) in [5.41, 5.74) is 0.0581. The first-order valence-electron chi connectivity index (χ1n) is 24.2. The lowest BCUT2D eigenvalue weighted by atomic mass is 9.95. The molecule has 4 atom stereocenters. The zero-order chi connectivity index (χ0) is 48.8. The van der Waals surface area contributed by atoms with Crippen LogP contribution in [0, 0.1) is 5.41 Å². The monoisotopic (exact) mass is 1070 g/mol. The molecule has 0 spiro atoms. The summed E-state index contributed by atoms with van der Waals surface area (Å²) in [6, 6.07) is 15.6. The first-order valence-corrected chi connectivity index (χ1v) is 28.4. The van der Waals surface area contributed by atoms with Gasteiger partial charge in [-0.05, 0) is 90.1 Å².